The third-order valence-electron chi connectivity index (χ3n) is 7.99. The lowest BCUT2D eigenvalue weighted by Crippen LogP contribution is -2.65. The van der Waals surface area contributed by atoms with Crippen LogP contribution in [0.3, 0.4) is 0 Å². The van der Waals surface area contributed by atoms with Gasteiger partial charge < -0.3 is 19.5 Å². The Morgan fingerprint density at radius 2 is 1.75 bits per heavy atom. The molecule has 4 aliphatic rings. The van der Waals surface area contributed by atoms with Crippen molar-refractivity contribution in [3.8, 4) is 17.2 Å². The highest BCUT2D eigenvalue weighted by molar-refractivity contribution is 6.06. The van der Waals surface area contributed by atoms with E-state index in [1.165, 1.54) is 54.4 Å². The van der Waals surface area contributed by atoms with E-state index in [9.17, 15) is 36.6 Å². The SMILES string of the molecule is CN(C(=O)c1cccc(-n2nc(C(F)(F)F)cc2CCC23CC(C(=O)O)(C2)C3)c1)c1ccc2c(c1)OC(F)(F)O2. The van der Waals surface area contributed by atoms with Crippen LogP contribution in [0.15, 0.2) is 48.5 Å². The Hall–Kier alpha value is -4.16. The summed E-state index contributed by atoms with van der Waals surface area (Å²) in [7, 11) is 1.42. The second kappa shape index (κ2) is 8.42. The van der Waals surface area contributed by atoms with E-state index in [0.717, 1.165) is 10.7 Å². The number of halogens is 5. The van der Waals surface area contributed by atoms with Crippen molar-refractivity contribution in [2.75, 3.05) is 11.9 Å². The van der Waals surface area contributed by atoms with Crippen molar-refractivity contribution >= 4 is 17.6 Å². The Morgan fingerprint density at radius 3 is 2.42 bits per heavy atom. The highest BCUT2D eigenvalue weighted by Crippen LogP contribution is 2.75. The van der Waals surface area contributed by atoms with Crippen LogP contribution in [0.25, 0.3) is 5.69 Å². The second-order valence-corrected chi connectivity index (χ2v) is 10.8. The minimum Gasteiger partial charge on any atom is -0.481 e. The number of hydrogen-bond acceptors (Lipinski definition) is 5. The molecule has 7 rings (SSSR count). The Kier molecular flexibility index (Phi) is 5.49. The van der Waals surface area contributed by atoms with Gasteiger partial charge in [0.2, 0.25) is 0 Å². The Labute approximate surface area is 223 Å². The first-order valence-electron chi connectivity index (χ1n) is 12.4. The molecule has 1 aromatic heterocycles. The number of carbonyl (C=O) groups excluding carboxylic acids is 1. The highest BCUT2D eigenvalue weighted by atomic mass is 19.4. The van der Waals surface area contributed by atoms with Gasteiger partial charge in [0.1, 0.15) is 0 Å². The number of nitrogens with zero attached hydrogens (tertiary/aromatic N) is 3. The van der Waals surface area contributed by atoms with E-state index in [4.69, 9.17) is 0 Å². The van der Waals surface area contributed by atoms with Crippen LogP contribution in [0, 0.1) is 10.8 Å². The Balaban J connectivity index is 1.24. The largest absolute Gasteiger partial charge is 0.586 e. The van der Waals surface area contributed by atoms with E-state index in [-0.39, 0.29) is 46.0 Å². The number of rotatable bonds is 7. The molecule has 3 aromatic rings. The zero-order valence-corrected chi connectivity index (χ0v) is 21.0. The van der Waals surface area contributed by atoms with E-state index in [0.29, 0.717) is 25.7 Å². The van der Waals surface area contributed by atoms with Crippen molar-refractivity contribution in [2.45, 2.75) is 44.6 Å². The molecule has 1 N–H and O–H groups in total. The van der Waals surface area contributed by atoms with Gasteiger partial charge >= 0.3 is 18.4 Å². The molecule has 0 atom stereocenters. The molecule has 3 aliphatic carbocycles. The van der Waals surface area contributed by atoms with Crippen LogP contribution >= 0.6 is 0 Å². The number of benzene rings is 2. The van der Waals surface area contributed by atoms with Gasteiger partial charge in [0.05, 0.1) is 11.1 Å². The molecule has 40 heavy (non-hydrogen) atoms. The first-order chi connectivity index (χ1) is 18.7. The average molecular weight is 563 g/mol. The third kappa shape index (κ3) is 4.23. The van der Waals surface area contributed by atoms with Crippen LogP contribution in [0.5, 0.6) is 11.5 Å². The normalized spacial score (nSPS) is 23.8. The van der Waals surface area contributed by atoms with Crippen molar-refractivity contribution < 1.29 is 46.1 Å². The molecule has 1 amide bonds. The summed E-state index contributed by atoms with van der Waals surface area (Å²) >= 11 is 0. The summed E-state index contributed by atoms with van der Waals surface area (Å²) in [6.07, 6.45) is -6.18. The van der Waals surface area contributed by atoms with Crippen molar-refractivity contribution in [2.24, 2.45) is 10.8 Å². The standard InChI is InChI=1S/C27H22F5N3O5/c1-34(16-5-6-19-20(10-16)40-27(31,32)39-19)22(36)15-3-2-4-17(9-15)35-18(11-21(33-35)26(28,29)30)7-8-24-12-25(13-24,14-24)23(37)38/h2-6,9-11H,7-8,12-14H2,1H3,(H,37,38). The fraction of sp³-hybridized carbons (Fsp3) is 0.370. The molecule has 0 unspecified atom stereocenters. The van der Waals surface area contributed by atoms with Gasteiger partial charge in [-0.15, -0.1) is 8.78 Å². The molecule has 0 spiro atoms. The fourth-order valence-corrected chi connectivity index (χ4v) is 6.07. The smallest absolute Gasteiger partial charge is 0.481 e. The van der Waals surface area contributed by atoms with Crippen LogP contribution in [-0.4, -0.2) is 40.1 Å². The molecule has 3 saturated carbocycles. The van der Waals surface area contributed by atoms with E-state index < -0.39 is 35.5 Å². The molecular weight excluding hydrogens is 541 g/mol. The van der Waals surface area contributed by atoms with Crippen LogP contribution in [0.1, 0.15) is 47.4 Å². The van der Waals surface area contributed by atoms with Crippen molar-refractivity contribution in [3.05, 3.63) is 65.5 Å². The number of ether oxygens (including phenoxy) is 2. The van der Waals surface area contributed by atoms with Crippen LogP contribution in [-0.2, 0) is 17.4 Å². The lowest BCUT2D eigenvalue weighted by Gasteiger charge is -2.68. The van der Waals surface area contributed by atoms with Gasteiger partial charge in [-0.05, 0) is 73.9 Å². The lowest BCUT2D eigenvalue weighted by molar-refractivity contribution is -0.286. The summed E-state index contributed by atoms with van der Waals surface area (Å²) in [4.78, 5) is 25.8. The van der Waals surface area contributed by atoms with Gasteiger partial charge in [-0.1, -0.05) is 6.07 Å². The van der Waals surface area contributed by atoms with E-state index in [2.05, 4.69) is 14.6 Å². The number of carboxylic acids is 1. The van der Waals surface area contributed by atoms with Gasteiger partial charge in [0.15, 0.2) is 17.2 Å². The highest BCUT2D eigenvalue weighted by Gasteiger charge is 2.71. The number of alkyl halides is 5. The monoisotopic (exact) mass is 563 g/mol. The zero-order valence-electron chi connectivity index (χ0n) is 21.0. The van der Waals surface area contributed by atoms with Crippen LogP contribution < -0.4 is 14.4 Å². The van der Waals surface area contributed by atoms with Gasteiger partial charge in [-0.25, -0.2) is 4.68 Å². The summed E-state index contributed by atoms with van der Waals surface area (Å²) in [5, 5.41) is 13.1. The number of hydrogen-bond donors (Lipinski definition) is 1. The molecule has 1 aliphatic heterocycles. The molecule has 8 nitrogen and oxygen atoms in total. The maximum Gasteiger partial charge on any atom is 0.586 e. The van der Waals surface area contributed by atoms with E-state index >= 15 is 0 Å². The molecule has 13 heteroatoms. The topological polar surface area (TPSA) is 93.9 Å². The third-order valence-corrected chi connectivity index (χ3v) is 7.99. The number of carbonyl (C=O) groups is 2. The maximum absolute atomic E-state index is 13.6. The number of aromatic nitrogens is 2. The van der Waals surface area contributed by atoms with Gasteiger partial charge in [-0.3, -0.25) is 9.59 Å². The maximum atomic E-state index is 13.6. The van der Waals surface area contributed by atoms with E-state index in [1.807, 2.05) is 0 Å². The summed E-state index contributed by atoms with van der Waals surface area (Å²) in [5.74, 6) is -1.80. The number of carboxylic acid groups (broad SMARTS) is 1. The average Bonchev–Trinajstić information content (AvgIpc) is 3.40. The zero-order chi connectivity index (χ0) is 28.7. The summed E-state index contributed by atoms with van der Waals surface area (Å²) in [6.45, 7) is 0. The number of aryl methyl sites for hydroxylation is 1. The predicted molar refractivity (Wildman–Crippen MR) is 129 cm³/mol. The molecule has 3 fully saturated rings. The summed E-state index contributed by atoms with van der Waals surface area (Å²) in [6, 6.07) is 10.7. The quantitative estimate of drug-likeness (QED) is 0.372. The Bertz CT molecular complexity index is 1530. The first kappa shape index (κ1) is 26.1. The lowest BCUT2D eigenvalue weighted by atomic mass is 9.34. The predicted octanol–water partition coefficient (Wildman–Crippen LogP) is 5.68. The molecule has 2 aromatic carbocycles. The number of fused-ring (bicyclic) bond motifs is 1. The molecule has 0 radical (unpaired) electrons. The second-order valence-electron chi connectivity index (χ2n) is 10.8. The van der Waals surface area contributed by atoms with E-state index in [1.54, 1.807) is 0 Å². The van der Waals surface area contributed by atoms with Gasteiger partial charge in [0, 0.05) is 30.1 Å². The van der Waals surface area contributed by atoms with Crippen LogP contribution in [0.4, 0.5) is 27.6 Å². The van der Waals surface area contributed by atoms with Crippen LogP contribution in [0.2, 0.25) is 0 Å². The minimum absolute atomic E-state index is 0.126. The molecule has 2 bridgehead atoms. The first-order valence-corrected chi connectivity index (χ1v) is 12.4. The molecule has 2 heterocycles. The van der Waals surface area contributed by atoms with Gasteiger partial charge in [-0.2, -0.15) is 18.3 Å². The van der Waals surface area contributed by atoms with Crippen molar-refractivity contribution in [3.63, 3.8) is 0 Å². The van der Waals surface area contributed by atoms with Gasteiger partial charge in [0.25, 0.3) is 5.91 Å². The fourth-order valence-electron chi connectivity index (χ4n) is 6.07. The molecule has 210 valence electrons. The molecule has 0 saturated heterocycles. The number of aliphatic carboxylic acids is 1. The van der Waals surface area contributed by atoms with Crippen molar-refractivity contribution in [1.82, 2.24) is 9.78 Å². The van der Waals surface area contributed by atoms with Crippen molar-refractivity contribution in [1.29, 1.82) is 0 Å². The molecular formula is C27H22F5N3O5. The minimum atomic E-state index is -4.69. The summed E-state index contributed by atoms with van der Waals surface area (Å²) in [5.41, 5.74) is -1.07. The number of anilines is 1. The number of amides is 1. The summed E-state index contributed by atoms with van der Waals surface area (Å²) < 4.78 is 77.4. The Morgan fingerprint density at radius 1 is 1.05 bits per heavy atom.